The van der Waals surface area contributed by atoms with E-state index in [1.807, 2.05) is 30.3 Å². The van der Waals surface area contributed by atoms with Gasteiger partial charge in [-0.15, -0.1) is 0 Å². The molecule has 0 aliphatic carbocycles. The zero-order valence-electron chi connectivity index (χ0n) is 16.0. The van der Waals surface area contributed by atoms with Gasteiger partial charge in [0.2, 0.25) is 5.91 Å². The molecule has 140 valence electrons. The third-order valence-electron chi connectivity index (χ3n) is 4.46. The number of benzene rings is 2. The number of amides is 1. The van der Waals surface area contributed by atoms with Crippen molar-refractivity contribution < 1.29 is 14.3 Å². The molecule has 1 amide bonds. The van der Waals surface area contributed by atoms with E-state index in [-0.39, 0.29) is 5.91 Å². The van der Waals surface area contributed by atoms with Crippen molar-refractivity contribution in [2.24, 2.45) is 0 Å². The van der Waals surface area contributed by atoms with E-state index in [1.54, 1.807) is 14.2 Å². The van der Waals surface area contributed by atoms with E-state index in [4.69, 9.17) is 9.47 Å². The highest BCUT2D eigenvalue weighted by molar-refractivity contribution is 5.76. The summed E-state index contributed by atoms with van der Waals surface area (Å²) in [6.07, 6.45) is 1.19. The molecule has 2 aromatic carbocycles. The Hall–Kier alpha value is -2.69. The molecule has 0 radical (unpaired) electrons. The van der Waals surface area contributed by atoms with Crippen LogP contribution in [0.3, 0.4) is 0 Å². The Morgan fingerprint density at radius 2 is 1.77 bits per heavy atom. The topological polar surface area (TPSA) is 59.6 Å². The van der Waals surface area contributed by atoms with Crippen molar-refractivity contribution in [1.29, 1.82) is 0 Å². The largest absolute Gasteiger partial charge is 0.493 e. The minimum atomic E-state index is 0.0447. The minimum absolute atomic E-state index is 0.0447. The Bertz CT molecular complexity index is 744. The molecule has 0 aromatic heterocycles. The van der Waals surface area contributed by atoms with Crippen molar-refractivity contribution >= 4 is 11.6 Å². The first-order chi connectivity index (χ1) is 12.5. The van der Waals surface area contributed by atoms with E-state index in [9.17, 15) is 4.79 Å². The van der Waals surface area contributed by atoms with Crippen LogP contribution in [0.15, 0.2) is 36.4 Å². The first-order valence-electron chi connectivity index (χ1n) is 8.83. The van der Waals surface area contributed by atoms with Gasteiger partial charge in [0, 0.05) is 25.2 Å². The number of hydrogen-bond donors (Lipinski definition) is 2. The van der Waals surface area contributed by atoms with Crippen LogP contribution in [0.4, 0.5) is 5.69 Å². The fraction of sp³-hybridized carbons (Fsp3) is 0.381. The smallest absolute Gasteiger partial charge is 0.221 e. The molecule has 5 nitrogen and oxygen atoms in total. The standard InChI is InChI=1S/C21H28N2O3/c1-15-6-5-7-18(16(15)2)22-13-11-21(24)23-12-10-17-8-9-19(25-3)20(14-17)26-4/h5-9,14,22H,10-13H2,1-4H3,(H,23,24). The van der Waals surface area contributed by atoms with Crippen LogP contribution in [0.1, 0.15) is 23.1 Å². The predicted octanol–water partition coefficient (Wildman–Crippen LogP) is 3.48. The molecule has 26 heavy (non-hydrogen) atoms. The Morgan fingerprint density at radius 1 is 1.00 bits per heavy atom. The molecule has 2 aromatic rings. The molecule has 0 fully saturated rings. The molecule has 5 heteroatoms. The molecule has 0 aliphatic heterocycles. The van der Waals surface area contributed by atoms with Gasteiger partial charge in [-0.1, -0.05) is 18.2 Å². The highest BCUT2D eigenvalue weighted by Gasteiger charge is 2.06. The van der Waals surface area contributed by atoms with Gasteiger partial charge in [-0.2, -0.15) is 0 Å². The van der Waals surface area contributed by atoms with E-state index in [2.05, 4.69) is 30.5 Å². The van der Waals surface area contributed by atoms with E-state index >= 15 is 0 Å². The Labute approximate surface area is 155 Å². The van der Waals surface area contributed by atoms with Crippen LogP contribution in [0.25, 0.3) is 0 Å². The lowest BCUT2D eigenvalue weighted by Crippen LogP contribution is -2.27. The molecule has 0 saturated heterocycles. The number of ether oxygens (including phenoxy) is 2. The van der Waals surface area contributed by atoms with Gasteiger partial charge in [-0.25, -0.2) is 0 Å². The molecule has 0 saturated carbocycles. The Balaban J connectivity index is 1.73. The van der Waals surface area contributed by atoms with E-state index in [0.29, 0.717) is 31.0 Å². The summed E-state index contributed by atoms with van der Waals surface area (Å²) >= 11 is 0. The maximum absolute atomic E-state index is 12.0. The number of hydrogen-bond acceptors (Lipinski definition) is 4. The van der Waals surface area contributed by atoms with Gasteiger partial charge in [0.05, 0.1) is 14.2 Å². The fourth-order valence-electron chi connectivity index (χ4n) is 2.72. The number of rotatable bonds is 9. The van der Waals surface area contributed by atoms with Crippen molar-refractivity contribution in [1.82, 2.24) is 5.32 Å². The van der Waals surface area contributed by atoms with Crippen molar-refractivity contribution in [2.45, 2.75) is 26.7 Å². The number of anilines is 1. The summed E-state index contributed by atoms with van der Waals surface area (Å²) in [6.45, 7) is 5.38. The third kappa shape index (κ3) is 5.41. The van der Waals surface area contributed by atoms with Crippen molar-refractivity contribution in [3.63, 3.8) is 0 Å². The van der Waals surface area contributed by atoms with Gasteiger partial charge in [0.25, 0.3) is 0 Å². The number of carbonyl (C=O) groups excluding carboxylic acids is 1. The second kappa shape index (κ2) is 9.70. The molecule has 0 unspecified atom stereocenters. The van der Waals surface area contributed by atoms with Gasteiger partial charge in [0.15, 0.2) is 11.5 Å². The summed E-state index contributed by atoms with van der Waals surface area (Å²) in [5, 5.41) is 6.29. The van der Waals surface area contributed by atoms with Gasteiger partial charge in [0.1, 0.15) is 0 Å². The summed E-state index contributed by atoms with van der Waals surface area (Å²) in [5.74, 6) is 1.45. The van der Waals surface area contributed by atoms with Crippen molar-refractivity contribution in [3.8, 4) is 11.5 Å². The number of carbonyl (C=O) groups is 1. The molecular formula is C21H28N2O3. The maximum Gasteiger partial charge on any atom is 0.221 e. The van der Waals surface area contributed by atoms with Crippen LogP contribution in [0, 0.1) is 13.8 Å². The molecule has 0 aliphatic rings. The van der Waals surface area contributed by atoms with Gasteiger partial charge < -0.3 is 20.1 Å². The van der Waals surface area contributed by atoms with E-state index < -0.39 is 0 Å². The Morgan fingerprint density at radius 3 is 2.50 bits per heavy atom. The van der Waals surface area contributed by atoms with Crippen LogP contribution in [0.2, 0.25) is 0 Å². The number of methoxy groups -OCH3 is 2. The van der Waals surface area contributed by atoms with E-state index in [0.717, 1.165) is 17.7 Å². The molecule has 2 N–H and O–H groups in total. The number of nitrogens with one attached hydrogen (secondary N) is 2. The Kier molecular flexibility index (Phi) is 7.33. The lowest BCUT2D eigenvalue weighted by molar-refractivity contribution is -0.120. The first-order valence-corrected chi connectivity index (χ1v) is 8.83. The molecule has 0 bridgehead atoms. The van der Waals surface area contributed by atoms with Crippen LogP contribution >= 0.6 is 0 Å². The van der Waals surface area contributed by atoms with Crippen LogP contribution < -0.4 is 20.1 Å². The average Bonchev–Trinajstić information content (AvgIpc) is 2.65. The first kappa shape index (κ1) is 19.6. The third-order valence-corrected chi connectivity index (χ3v) is 4.46. The summed E-state index contributed by atoms with van der Waals surface area (Å²) in [7, 11) is 3.23. The summed E-state index contributed by atoms with van der Waals surface area (Å²) in [5.41, 5.74) is 4.65. The molecule has 0 atom stereocenters. The van der Waals surface area contributed by atoms with Crippen LogP contribution in [0.5, 0.6) is 11.5 Å². The molecule has 2 rings (SSSR count). The monoisotopic (exact) mass is 356 g/mol. The second-order valence-corrected chi connectivity index (χ2v) is 6.21. The molecule has 0 heterocycles. The zero-order chi connectivity index (χ0) is 18.9. The average molecular weight is 356 g/mol. The van der Waals surface area contributed by atoms with Gasteiger partial charge in [-0.05, 0) is 55.2 Å². The van der Waals surface area contributed by atoms with Gasteiger partial charge in [-0.3, -0.25) is 4.79 Å². The lowest BCUT2D eigenvalue weighted by atomic mass is 10.1. The minimum Gasteiger partial charge on any atom is -0.493 e. The van der Waals surface area contributed by atoms with Crippen LogP contribution in [-0.4, -0.2) is 33.2 Å². The fourth-order valence-corrected chi connectivity index (χ4v) is 2.72. The summed E-state index contributed by atoms with van der Waals surface area (Å²) < 4.78 is 10.5. The summed E-state index contributed by atoms with van der Waals surface area (Å²) in [4.78, 5) is 12.0. The second-order valence-electron chi connectivity index (χ2n) is 6.21. The SMILES string of the molecule is COc1ccc(CCNC(=O)CCNc2cccc(C)c2C)cc1OC. The summed E-state index contributed by atoms with van der Waals surface area (Å²) in [6, 6.07) is 11.9. The highest BCUT2D eigenvalue weighted by atomic mass is 16.5. The lowest BCUT2D eigenvalue weighted by Gasteiger charge is -2.12. The maximum atomic E-state index is 12.0. The molecule has 0 spiro atoms. The highest BCUT2D eigenvalue weighted by Crippen LogP contribution is 2.27. The zero-order valence-corrected chi connectivity index (χ0v) is 16.0. The quantitative estimate of drug-likeness (QED) is 0.722. The normalized spacial score (nSPS) is 10.3. The predicted molar refractivity (Wildman–Crippen MR) is 105 cm³/mol. The van der Waals surface area contributed by atoms with Crippen molar-refractivity contribution in [2.75, 3.05) is 32.6 Å². The van der Waals surface area contributed by atoms with Crippen LogP contribution in [-0.2, 0) is 11.2 Å². The molecular weight excluding hydrogens is 328 g/mol. The van der Waals surface area contributed by atoms with E-state index in [1.165, 1.54) is 11.1 Å². The van der Waals surface area contributed by atoms with Gasteiger partial charge >= 0.3 is 0 Å². The number of aryl methyl sites for hydroxylation is 1. The van der Waals surface area contributed by atoms with Crippen molar-refractivity contribution in [3.05, 3.63) is 53.1 Å².